The van der Waals surface area contributed by atoms with Crippen LogP contribution in [0.4, 0.5) is 0 Å². The predicted octanol–water partition coefficient (Wildman–Crippen LogP) is 2.06. The SMILES string of the molecule is CC(C)C(CCO)NC(=O)C1CCCN(C(=O)c2ccccc2)C1. The largest absolute Gasteiger partial charge is 0.396 e. The Morgan fingerprint density at radius 1 is 1.29 bits per heavy atom. The number of likely N-dealkylation sites (tertiary alicyclic amines) is 1. The smallest absolute Gasteiger partial charge is 0.253 e. The predicted molar refractivity (Wildman–Crippen MR) is 93.5 cm³/mol. The van der Waals surface area contributed by atoms with Crippen molar-refractivity contribution < 1.29 is 14.7 Å². The number of nitrogens with zero attached hydrogens (tertiary/aromatic N) is 1. The second-order valence-electron chi connectivity index (χ2n) is 6.83. The molecule has 24 heavy (non-hydrogen) atoms. The molecule has 1 aliphatic rings. The summed E-state index contributed by atoms with van der Waals surface area (Å²) in [5.74, 6) is 0.0784. The molecule has 0 bridgehead atoms. The lowest BCUT2D eigenvalue weighted by Crippen LogP contribution is -2.48. The quantitative estimate of drug-likeness (QED) is 0.838. The van der Waals surface area contributed by atoms with E-state index in [0.29, 0.717) is 25.1 Å². The second kappa shape index (κ2) is 8.83. The second-order valence-corrected chi connectivity index (χ2v) is 6.83. The van der Waals surface area contributed by atoms with Gasteiger partial charge in [-0.15, -0.1) is 0 Å². The van der Waals surface area contributed by atoms with Crippen molar-refractivity contribution in [2.75, 3.05) is 19.7 Å². The highest BCUT2D eigenvalue weighted by molar-refractivity contribution is 5.94. The number of hydrogen-bond acceptors (Lipinski definition) is 3. The van der Waals surface area contributed by atoms with Crippen LogP contribution < -0.4 is 5.32 Å². The third-order valence-corrected chi connectivity index (χ3v) is 4.67. The first-order valence-electron chi connectivity index (χ1n) is 8.78. The van der Waals surface area contributed by atoms with Crippen LogP contribution in [0.5, 0.6) is 0 Å². The van der Waals surface area contributed by atoms with Crippen molar-refractivity contribution in [2.45, 2.75) is 39.2 Å². The molecule has 0 spiro atoms. The van der Waals surface area contributed by atoms with Gasteiger partial charge >= 0.3 is 0 Å². The van der Waals surface area contributed by atoms with E-state index >= 15 is 0 Å². The fraction of sp³-hybridized carbons (Fsp3) is 0.579. The van der Waals surface area contributed by atoms with E-state index in [0.717, 1.165) is 12.8 Å². The van der Waals surface area contributed by atoms with Gasteiger partial charge < -0.3 is 15.3 Å². The molecule has 1 heterocycles. The van der Waals surface area contributed by atoms with Gasteiger partial charge in [0.1, 0.15) is 0 Å². The lowest BCUT2D eigenvalue weighted by Gasteiger charge is -2.33. The van der Waals surface area contributed by atoms with E-state index in [1.807, 2.05) is 44.2 Å². The minimum absolute atomic E-state index is 0.00675. The Hall–Kier alpha value is -1.88. The summed E-state index contributed by atoms with van der Waals surface area (Å²) in [6.07, 6.45) is 2.19. The van der Waals surface area contributed by atoms with E-state index in [2.05, 4.69) is 5.32 Å². The maximum atomic E-state index is 12.6. The zero-order chi connectivity index (χ0) is 17.5. The Labute approximate surface area is 144 Å². The van der Waals surface area contributed by atoms with Gasteiger partial charge in [-0.2, -0.15) is 0 Å². The van der Waals surface area contributed by atoms with Crippen LogP contribution in [0.3, 0.4) is 0 Å². The molecule has 5 heteroatoms. The Bertz CT molecular complexity index is 545. The number of benzene rings is 1. The first-order chi connectivity index (χ1) is 11.5. The molecule has 2 amide bonds. The molecule has 0 saturated carbocycles. The normalized spacial score (nSPS) is 19.2. The molecule has 2 N–H and O–H groups in total. The van der Waals surface area contributed by atoms with Crippen LogP contribution in [-0.2, 0) is 4.79 Å². The third kappa shape index (κ3) is 4.81. The van der Waals surface area contributed by atoms with Gasteiger partial charge in [0.2, 0.25) is 5.91 Å². The lowest BCUT2D eigenvalue weighted by atomic mass is 9.94. The van der Waals surface area contributed by atoms with E-state index in [1.54, 1.807) is 4.90 Å². The van der Waals surface area contributed by atoms with E-state index in [9.17, 15) is 9.59 Å². The van der Waals surface area contributed by atoms with Crippen molar-refractivity contribution in [2.24, 2.45) is 11.8 Å². The minimum Gasteiger partial charge on any atom is -0.396 e. The average Bonchev–Trinajstić information content (AvgIpc) is 2.61. The number of hydrogen-bond donors (Lipinski definition) is 2. The highest BCUT2D eigenvalue weighted by Gasteiger charge is 2.30. The number of nitrogens with one attached hydrogen (secondary N) is 1. The molecule has 1 aromatic rings. The van der Waals surface area contributed by atoms with Crippen molar-refractivity contribution in [3.8, 4) is 0 Å². The minimum atomic E-state index is -0.175. The fourth-order valence-electron chi connectivity index (χ4n) is 3.15. The number of amides is 2. The molecule has 1 aromatic carbocycles. The topological polar surface area (TPSA) is 69.6 Å². The summed E-state index contributed by atoms with van der Waals surface area (Å²) in [6, 6.07) is 9.18. The van der Waals surface area contributed by atoms with Gasteiger partial charge in [0.25, 0.3) is 5.91 Å². The molecule has 2 rings (SSSR count). The monoisotopic (exact) mass is 332 g/mol. The fourth-order valence-corrected chi connectivity index (χ4v) is 3.15. The molecule has 0 aromatic heterocycles. The van der Waals surface area contributed by atoms with Crippen LogP contribution in [0.1, 0.15) is 43.5 Å². The van der Waals surface area contributed by atoms with Gasteiger partial charge in [0.05, 0.1) is 5.92 Å². The molecular formula is C19H28N2O3. The van der Waals surface area contributed by atoms with Crippen LogP contribution in [0.2, 0.25) is 0 Å². The van der Waals surface area contributed by atoms with Gasteiger partial charge in [-0.1, -0.05) is 32.0 Å². The van der Waals surface area contributed by atoms with Crippen molar-refractivity contribution in [3.05, 3.63) is 35.9 Å². The van der Waals surface area contributed by atoms with Crippen molar-refractivity contribution >= 4 is 11.8 Å². The van der Waals surface area contributed by atoms with E-state index in [-0.39, 0.29) is 36.3 Å². The van der Waals surface area contributed by atoms with Gasteiger partial charge in [-0.25, -0.2) is 0 Å². The Morgan fingerprint density at radius 2 is 2.00 bits per heavy atom. The van der Waals surface area contributed by atoms with Gasteiger partial charge in [-0.05, 0) is 37.3 Å². The summed E-state index contributed by atoms with van der Waals surface area (Å²) in [7, 11) is 0. The zero-order valence-corrected chi connectivity index (χ0v) is 14.6. The zero-order valence-electron chi connectivity index (χ0n) is 14.6. The molecule has 0 aliphatic carbocycles. The number of piperidine rings is 1. The molecule has 132 valence electrons. The summed E-state index contributed by atoms with van der Waals surface area (Å²) in [6.45, 7) is 5.29. The van der Waals surface area contributed by atoms with Crippen molar-refractivity contribution in [1.82, 2.24) is 10.2 Å². The summed E-state index contributed by atoms with van der Waals surface area (Å²) >= 11 is 0. The van der Waals surface area contributed by atoms with E-state index in [4.69, 9.17) is 5.11 Å². The first kappa shape index (κ1) is 18.5. The maximum Gasteiger partial charge on any atom is 0.253 e. The molecule has 1 fully saturated rings. The maximum absolute atomic E-state index is 12.6. The van der Waals surface area contributed by atoms with Gasteiger partial charge in [0.15, 0.2) is 0 Å². The molecule has 5 nitrogen and oxygen atoms in total. The number of rotatable bonds is 6. The molecule has 1 saturated heterocycles. The van der Waals surface area contributed by atoms with Crippen molar-refractivity contribution in [3.63, 3.8) is 0 Å². The first-order valence-corrected chi connectivity index (χ1v) is 8.78. The third-order valence-electron chi connectivity index (χ3n) is 4.67. The number of carbonyl (C=O) groups excluding carboxylic acids is 2. The number of carbonyl (C=O) groups is 2. The van der Waals surface area contributed by atoms with Crippen LogP contribution in [0.15, 0.2) is 30.3 Å². The Balaban J connectivity index is 1.97. The van der Waals surface area contributed by atoms with Crippen LogP contribution in [-0.4, -0.2) is 47.6 Å². The van der Waals surface area contributed by atoms with Crippen LogP contribution >= 0.6 is 0 Å². The summed E-state index contributed by atoms with van der Waals surface area (Å²) in [5, 5.41) is 12.2. The Morgan fingerprint density at radius 3 is 2.62 bits per heavy atom. The highest BCUT2D eigenvalue weighted by atomic mass is 16.3. The molecule has 0 radical (unpaired) electrons. The molecular weight excluding hydrogens is 304 g/mol. The van der Waals surface area contributed by atoms with Gasteiger partial charge in [-0.3, -0.25) is 9.59 Å². The standard InChI is InChI=1S/C19H28N2O3/c1-14(2)17(10-12-22)20-18(23)16-9-6-11-21(13-16)19(24)15-7-4-3-5-8-15/h3-5,7-8,14,16-17,22H,6,9-13H2,1-2H3,(H,20,23). The molecule has 2 atom stereocenters. The van der Waals surface area contributed by atoms with E-state index in [1.165, 1.54) is 0 Å². The molecule has 1 aliphatic heterocycles. The van der Waals surface area contributed by atoms with Crippen molar-refractivity contribution in [1.29, 1.82) is 0 Å². The van der Waals surface area contributed by atoms with Crippen LogP contribution in [0, 0.1) is 11.8 Å². The van der Waals surface area contributed by atoms with Crippen LogP contribution in [0.25, 0.3) is 0 Å². The summed E-state index contributed by atoms with van der Waals surface area (Å²) < 4.78 is 0. The molecule has 2 unspecified atom stereocenters. The van der Waals surface area contributed by atoms with Gasteiger partial charge in [0, 0.05) is 31.3 Å². The van der Waals surface area contributed by atoms with E-state index < -0.39 is 0 Å². The number of aliphatic hydroxyl groups is 1. The summed E-state index contributed by atoms with van der Waals surface area (Å²) in [5.41, 5.74) is 0.666. The average molecular weight is 332 g/mol. The lowest BCUT2D eigenvalue weighted by molar-refractivity contribution is -0.127. The highest BCUT2D eigenvalue weighted by Crippen LogP contribution is 2.20. The summed E-state index contributed by atoms with van der Waals surface area (Å²) in [4.78, 5) is 26.9. The number of aliphatic hydroxyl groups excluding tert-OH is 1. The Kier molecular flexibility index (Phi) is 6.79.